The Morgan fingerprint density at radius 2 is 1.41 bits per heavy atom. The highest BCUT2D eigenvalue weighted by atomic mass is 32.1. The highest BCUT2D eigenvalue weighted by Gasteiger charge is 2.48. The molecule has 0 radical (unpaired) electrons. The third kappa shape index (κ3) is 5.97. The van der Waals surface area contributed by atoms with E-state index in [0.717, 1.165) is 31.8 Å². The Labute approximate surface area is 258 Å². The zero-order valence-electron chi connectivity index (χ0n) is 25.0. The Bertz CT molecular complexity index is 1490. The van der Waals surface area contributed by atoms with Gasteiger partial charge in [0, 0.05) is 31.8 Å². The van der Waals surface area contributed by atoms with Crippen LogP contribution in [0.1, 0.15) is 13.8 Å². The Morgan fingerprint density at radius 3 is 2.02 bits per heavy atom. The first-order valence-electron chi connectivity index (χ1n) is 14.6. The Balaban J connectivity index is 1.44. The van der Waals surface area contributed by atoms with Crippen LogP contribution in [0.2, 0.25) is 0 Å². The molecule has 2 fully saturated rings. The van der Waals surface area contributed by atoms with E-state index in [1.165, 1.54) is 11.3 Å². The van der Waals surface area contributed by atoms with Crippen LogP contribution >= 0.6 is 11.3 Å². The molecule has 0 bridgehead atoms. The van der Waals surface area contributed by atoms with E-state index in [4.69, 9.17) is 14.5 Å². The number of benzene rings is 2. The lowest BCUT2D eigenvalue weighted by molar-refractivity contribution is -0.235. The number of aliphatic hydroxyl groups is 8. The van der Waals surface area contributed by atoms with E-state index in [1.807, 2.05) is 73.8 Å². The summed E-state index contributed by atoms with van der Waals surface area (Å²) in [5, 5.41) is 82.1. The van der Waals surface area contributed by atoms with Crippen LogP contribution in [0.5, 0.6) is 0 Å². The number of rotatable bonds is 7. The second kappa shape index (κ2) is 13.2. The standard InChI is InChI=1S/C30H42N3O10S/c1-13(29-27(40)25(38)23(36)19(11-34)42-29)32(3)15-5-7-17-21(9-15)44-22-10-16(6-8-18(22)31-17)33(4)14(2)30-28(41)26(39)24(37)20(12-35)43-30/h5-10,13-14,19-20,23-30,34-41H,11-12H2,1-4H3/q+1/t13?,14?,19-,20-,23+,24+,25+,26+,27-,28-,29+,30+/m1/s1. The van der Waals surface area contributed by atoms with Gasteiger partial charge in [0.05, 0.1) is 40.0 Å². The average molecular weight is 637 g/mol. The number of aliphatic hydroxyl groups excluding tert-OH is 8. The zero-order valence-corrected chi connectivity index (χ0v) is 25.8. The maximum absolute atomic E-state index is 10.6. The van der Waals surface area contributed by atoms with Gasteiger partial charge in [-0.25, -0.2) is 9.56 Å². The van der Waals surface area contributed by atoms with Gasteiger partial charge in [0.2, 0.25) is 5.36 Å². The fourth-order valence-electron chi connectivity index (χ4n) is 6.01. The number of hydrogen-bond acceptors (Lipinski definition) is 13. The summed E-state index contributed by atoms with van der Waals surface area (Å²) < 4.78 is 14.4. The van der Waals surface area contributed by atoms with Gasteiger partial charge >= 0.3 is 0 Å². The van der Waals surface area contributed by atoms with Crippen molar-refractivity contribution in [1.29, 1.82) is 0 Å². The molecule has 0 saturated carbocycles. The Morgan fingerprint density at radius 1 is 0.818 bits per heavy atom. The molecule has 1 aliphatic carbocycles. The van der Waals surface area contributed by atoms with Crippen molar-refractivity contribution in [2.24, 2.45) is 0 Å². The van der Waals surface area contributed by atoms with Crippen LogP contribution in [-0.4, -0.2) is 146 Å². The molecule has 8 N–H and O–H groups in total. The molecule has 3 heterocycles. The van der Waals surface area contributed by atoms with Crippen molar-refractivity contribution in [1.82, 2.24) is 9.56 Å². The molecule has 5 rings (SSSR count). The highest BCUT2D eigenvalue weighted by Crippen LogP contribution is 2.34. The number of hydrogen-bond donors (Lipinski definition) is 8. The summed E-state index contributed by atoms with van der Waals surface area (Å²) in [5.74, 6) is 0. The van der Waals surface area contributed by atoms with Crippen LogP contribution in [0, 0.1) is 0 Å². The van der Waals surface area contributed by atoms with Crippen molar-refractivity contribution in [3.63, 3.8) is 0 Å². The molecule has 14 heteroatoms. The SMILES string of the molecule is CC([C@@H]1O[C@H](CO)[C@H](O)[C@H](O)[C@H]1O)N(C)c1ccc2nc3ccc(=[N+](C)C(C)[C@@H]4O[C@H](CO)[C@H](O)[C@H](O)[C@H]4O)cc-3sc2c1. The quantitative estimate of drug-likeness (QED) is 0.102. The molecule has 0 amide bonds. The number of likely N-dealkylation sites (N-methyl/N-ethyl adjacent to an activating group) is 2. The van der Waals surface area contributed by atoms with E-state index in [1.54, 1.807) is 0 Å². The Kier molecular flexibility index (Phi) is 9.90. The molecule has 1 aromatic rings. The molecule has 4 aliphatic rings. The lowest BCUT2D eigenvalue weighted by atomic mass is 9.91. The molecule has 2 saturated heterocycles. The fourth-order valence-corrected chi connectivity index (χ4v) is 7.04. The summed E-state index contributed by atoms with van der Waals surface area (Å²) in [6, 6.07) is 10.7. The number of fused-ring (bicyclic) bond motifs is 2. The number of nitrogens with zero attached hydrogens (tertiary/aromatic N) is 3. The molecular weight excluding hydrogens is 594 g/mol. The van der Waals surface area contributed by atoms with Gasteiger partial charge in [0.25, 0.3) is 0 Å². The minimum absolute atomic E-state index is 0.429. The first-order chi connectivity index (χ1) is 20.9. The van der Waals surface area contributed by atoms with Crippen LogP contribution in [0.4, 0.5) is 5.69 Å². The molecule has 12 atom stereocenters. The molecule has 13 nitrogen and oxygen atoms in total. The maximum atomic E-state index is 10.6. The first-order valence-corrected chi connectivity index (χ1v) is 15.4. The second-order valence-corrected chi connectivity index (χ2v) is 12.9. The van der Waals surface area contributed by atoms with E-state index < -0.39 is 86.3 Å². The normalized spacial score (nSPS) is 35.0. The molecule has 2 unspecified atom stereocenters. The molecule has 1 aromatic carbocycles. The van der Waals surface area contributed by atoms with Crippen LogP contribution < -0.4 is 14.8 Å². The second-order valence-electron chi connectivity index (χ2n) is 11.8. The molecule has 0 aromatic heterocycles. The summed E-state index contributed by atoms with van der Waals surface area (Å²) in [4.78, 5) is 7.61. The van der Waals surface area contributed by atoms with Gasteiger partial charge in [-0.1, -0.05) is 0 Å². The number of anilines is 1. The third-order valence-corrected chi connectivity index (χ3v) is 10.3. The van der Waals surface area contributed by atoms with Crippen molar-refractivity contribution in [2.75, 3.05) is 32.2 Å². The molecular formula is C30H42N3O10S+. The van der Waals surface area contributed by atoms with Crippen molar-refractivity contribution in [3.05, 3.63) is 41.8 Å². The van der Waals surface area contributed by atoms with Gasteiger partial charge in [-0.2, -0.15) is 0 Å². The molecule has 242 valence electrons. The largest absolute Gasteiger partial charge is 0.394 e. The summed E-state index contributed by atoms with van der Waals surface area (Å²) >= 11 is 1.53. The number of ether oxygens (including phenoxy) is 2. The van der Waals surface area contributed by atoms with Gasteiger partial charge in [0.15, 0.2) is 6.04 Å². The van der Waals surface area contributed by atoms with Crippen LogP contribution in [-0.2, 0) is 9.47 Å². The fraction of sp³-hybridized carbons (Fsp3) is 0.600. The zero-order chi connectivity index (χ0) is 32.0. The Hall–Kier alpha value is -2.34. The van der Waals surface area contributed by atoms with Gasteiger partial charge in [-0.15, -0.1) is 11.3 Å². The predicted molar refractivity (Wildman–Crippen MR) is 162 cm³/mol. The lowest BCUT2D eigenvalue weighted by Gasteiger charge is -2.44. The third-order valence-electron chi connectivity index (χ3n) is 9.19. The minimum Gasteiger partial charge on any atom is -0.394 e. The number of aromatic nitrogens is 1. The van der Waals surface area contributed by atoms with Crippen LogP contribution in [0.25, 0.3) is 20.8 Å². The smallest absolute Gasteiger partial charge is 0.201 e. The summed E-state index contributed by atoms with van der Waals surface area (Å²) in [6.45, 7) is 2.68. The average Bonchev–Trinajstić information content (AvgIpc) is 3.03. The maximum Gasteiger partial charge on any atom is 0.201 e. The van der Waals surface area contributed by atoms with E-state index in [9.17, 15) is 40.9 Å². The van der Waals surface area contributed by atoms with Gasteiger partial charge in [0.1, 0.15) is 68.1 Å². The molecule has 3 aliphatic heterocycles. The van der Waals surface area contributed by atoms with Crippen molar-refractivity contribution < 1.29 is 50.3 Å². The van der Waals surface area contributed by atoms with Gasteiger partial charge in [-0.3, -0.25) is 0 Å². The molecule has 44 heavy (non-hydrogen) atoms. The van der Waals surface area contributed by atoms with E-state index in [0.29, 0.717) is 0 Å². The minimum atomic E-state index is -1.45. The first kappa shape index (κ1) is 33.0. The van der Waals surface area contributed by atoms with Crippen molar-refractivity contribution in [3.8, 4) is 10.6 Å². The van der Waals surface area contributed by atoms with Crippen molar-refractivity contribution >= 4 is 27.2 Å². The van der Waals surface area contributed by atoms with Crippen LogP contribution in [0.15, 0.2) is 36.4 Å². The topological polar surface area (TPSA) is 199 Å². The van der Waals surface area contributed by atoms with Crippen molar-refractivity contribution in [2.45, 2.75) is 87.0 Å². The predicted octanol–water partition coefficient (Wildman–Crippen LogP) is -2.30. The van der Waals surface area contributed by atoms with E-state index in [2.05, 4.69) is 0 Å². The van der Waals surface area contributed by atoms with Crippen LogP contribution in [0.3, 0.4) is 0 Å². The summed E-state index contributed by atoms with van der Waals surface area (Å²) in [6.07, 6.45) is -12.1. The van der Waals surface area contributed by atoms with Gasteiger partial charge in [-0.05, 0) is 31.2 Å². The monoisotopic (exact) mass is 636 g/mol. The highest BCUT2D eigenvalue weighted by molar-refractivity contribution is 7.21. The molecule has 0 spiro atoms. The van der Waals surface area contributed by atoms with Gasteiger partial charge < -0.3 is 55.2 Å². The summed E-state index contributed by atoms with van der Waals surface area (Å²) in [5.41, 5.74) is 2.38. The lowest BCUT2D eigenvalue weighted by Crippen LogP contribution is -2.63. The van der Waals surface area contributed by atoms with E-state index >= 15 is 0 Å². The summed E-state index contributed by atoms with van der Waals surface area (Å²) in [7, 11) is 3.67. The van der Waals surface area contributed by atoms with E-state index in [-0.39, 0.29) is 0 Å².